The Morgan fingerprint density at radius 2 is 1.96 bits per heavy atom. The van der Waals surface area contributed by atoms with Crippen LogP contribution < -0.4 is 5.32 Å². The SMILES string of the molecule is CCC(CC)[C@@H](CNC(=O)c1cnc(C)cn1)N1CCOCC1. The first kappa shape index (κ1) is 17.8. The first-order valence-corrected chi connectivity index (χ1v) is 8.54. The zero-order valence-corrected chi connectivity index (χ0v) is 14.4. The fraction of sp³-hybridized carbons (Fsp3) is 0.706. The molecule has 1 aliphatic rings. The van der Waals surface area contributed by atoms with E-state index in [4.69, 9.17) is 4.74 Å². The van der Waals surface area contributed by atoms with Gasteiger partial charge in [0, 0.05) is 31.9 Å². The van der Waals surface area contributed by atoms with E-state index >= 15 is 0 Å². The average Bonchev–Trinajstić information content (AvgIpc) is 2.59. The van der Waals surface area contributed by atoms with Gasteiger partial charge in [-0.1, -0.05) is 26.7 Å². The lowest BCUT2D eigenvalue weighted by Crippen LogP contribution is -2.52. The minimum absolute atomic E-state index is 0.151. The van der Waals surface area contributed by atoms with E-state index in [0.29, 0.717) is 24.2 Å². The number of aromatic nitrogens is 2. The smallest absolute Gasteiger partial charge is 0.271 e. The van der Waals surface area contributed by atoms with Gasteiger partial charge in [-0.25, -0.2) is 4.98 Å². The van der Waals surface area contributed by atoms with Crippen molar-refractivity contribution in [3.8, 4) is 0 Å². The van der Waals surface area contributed by atoms with Crippen LogP contribution in [-0.4, -0.2) is 59.7 Å². The molecule has 6 nitrogen and oxygen atoms in total. The average molecular weight is 320 g/mol. The maximum Gasteiger partial charge on any atom is 0.271 e. The summed E-state index contributed by atoms with van der Waals surface area (Å²) in [6.45, 7) is 10.3. The Bertz CT molecular complexity index is 482. The maximum absolute atomic E-state index is 12.3. The third-order valence-corrected chi connectivity index (χ3v) is 4.59. The molecule has 1 aliphatic heterocycles. The molecule has 0 bridgehead atoms. The molecule has 0 radical (unpaired) electrons. The lowest BCUT2D eigenvalue weighted by Gasteiger charge is -2.38. The molecule has 128 valence electrons. The molecule has 6 heteroatoms. The molecule has 0 saturated carbocycles. The van der Waals surface area contributed by atoms with Crippen LogP contribution >= 0.6 is 0 Å². The number of nitrogens with one attached hydrogen (secondary N) is 1. The quantitative estimate of drug-likeness (QED) is 0.827. The van der Waals surface area contributed by atoms with E-state index in [0.717, 1.165) is 44.8 Å². The van der Waals surface area contributed by atoms with Gasteiger partial charge in [-0.2, -0.15) is 0 Å². The summed E-state index contributed by atoms with van der Waals surface area (Å²) >= 11 is 0. The predicted molar refractivity (Wildman–Crippen MR) is 89.4 cm³/mol. The van der Waals surface area contributed by atoms with Crippen molar-refractivity contribution in [1.29, 1.82) is 0 Å². The Balaban J connectivity index is 1.99. The topological polar surface area (TPSA) is 67.4 Å². The van der Waals surface area contributed by atoms with E-state index in [-0.39, 0.29) is 5.91 Å². The summed E-state index contributed by atoms with van der Waals surface area (Å²) < 4.78 is 5.46. The molecule has 1 amide bonds. The molecule has 23 heavy (non-hydrogen) atoms. The van der Waals surface area contributed by atoms with Crippen LogP contribution in [0.5, 0.6) is 0 Å². The molecule has 1 N–H and O–H groups in total. The standard InChI is InChI=1S/C17H28N4O2/c1-4-14(5-2)16(21-6-8-23-9-7-21)12-20-17(22)15-11-18-13(3)10-19-15/h10-11,14,16H,4-9,12H2,1-3H3,(H,20,22)/t16-/m1/s1. The van der Waals surface area contributed by atoms with Crippen LogP contribution in [0.2, 0.25) is 0 Å². The highest BCUT2D eigenvalue weighted by molar-refractivity contribution is 5.91. The van der Waals surface area contributed by atoms with Crippen molar-refractivity contribution >= 4 is 5.91 Å². The van der Waals surface area contributed by atoms with E-state index < -0.39 is 0 Å². The van der Waals surface area contributed by atoms with Crippen molar-refractivity contribution in [2.45, 2.75) is 39.7 Å². The van der Waals surface area contributed by atoms with Gasteiger partial charge in [0.25, 0.3) is 5.91 Å². The molecule has 1 atom stereocenters. The zero-order valence-electron chi connectivity index (χ0n) is 14.4. The predicted octanol–water partition coefficient (Wildman–Crippen LogP) is 1.65. The Morgan fingerprint density at radius 1 is 1.26 bits per heavy atom. The van der Waals surface area contributed by atoms with Crippen molar-refractivity contribution in [1.82, 2.24) is 20.2 Å². The minimum Gasteiger partial charge on any atom is -0.379 e. The number of hydrogen-bond acceptors (Lipinski definition) is 5. The van der Waals surface area contributed by atoms with Gasteiger partial charge in [0.15, 0.2) is 0 Å². The van der Waals surface area contributed by atoms with E-state index in [1.54, 1.807) is 6.20 Å². The molecule has 1 saturated heterocycles. The fourth-order valence-electron chi connectivity index (χ4n) is 3.13. The van der Waals surface area contributed by atoms with Crippen LogP contribution in [0.15, 0.2) is 12.4 Å². The molecule has 2 rings (SSSR count). The number of amides is 1. The number of nitrogens with zero attached hydrogens (tertiary/aromatic N) is 3. The molecule has 1 fully saturated rings. The zero-order chi connectivity index (χ0) is 16.7. The first-order valence-electron chi connectivity index (χ1n) is 8.54. The van der Waals surface area contributed by atoms with Crippen molar-refractivity contribution in [3.63, 3.8) is 0 Å². The maximum atomic E-state index is 12.3. The van der Waals surface area contributed by atoms with Gasteiger partial charge < -0.3 is 10.1 Å². The summed E-state index contributed by atoms with van der Waals surface area (Å²) in [6, 6.07) is 0.344. The number of carbonyl (C=O) groups is 1. The Kier molecular flexibility index (Phi) is 6.92. The molecule has 0 aromatic carbocycles. The van der Waals surface area contributed by atoms with Crippen molar-refractivity contribution in [3.05, 3.63) is 23.8 Å². The van der Waals surface area contributed by atoms with Crippen LogP contribution in [0, 0.1) is 12.8 Å². The second-order valence-electron chi connectivity index (χ2n) is 6.05. The van der Waals surface area contributed by atoms with Gasteiger partial charge in [0.1, 0.15) is 5.69 Å². The Hall–Kier alpha value is -1.53. The second-order valence-corrected chi connectivity index (χ2v) is 6.05. The highest BCUT2D eigenvalue weighted by Crippen LogP contribution is 2.19. The van der Waals surface area contributed by atoms with Crippen molar-refractivity contribution in [2.75, 3.05) is 32.8 Å². The van der Waals surface area contributed by atoms with Crippen LogP contribution in [0.4, 0.5) is 0 Å². The lowest BCUT2D eigenvalue weighted by atomic mass is 9.92. The third-order valence-electron chi connectivity index (χ3n) is 4.59. The minimum atomic E-state index is -0.151. The van der Waals surface area contributed by atoms with Crippen LogP contribution in [0.1, 0.15) is 42.9 Å². The fourth-order valence-corrected chi connectivity index (χ4v) is 3.13. The van der Waals surface area contributed by atoms with Gasteiger partial charge in [-0.05, 0) is 12.8 Å². The number of ether oxygens (including phenoxy) is 1. The molecular weight excluding hydrogens is 292 g/mol. The monoisotopic (exact) mass is 320 g/mol. The normalized spacial score (nSPS) is 17.2. The number of hydrogen-bond donors (Lipinski definition) is 1. The molecular formula is C17H28N4O2. The molecule has 0 spiro atoms. The largest absolute Gasteiger partial charge is 0.379 e. The third kappa shape index (κ3) is 4.97. The molecule has 1 aromatic heterocycles. The summed E-state index contributed by atoms with van der Waals surface area (Å²) in [4.78, 5) is 23.0. The van der Waals surface area contributed by atoms with Crippen LogP contribution in [-0.2, 0) is 4.74 Å². The summed E-state index contributed by atoms with van der Waals surface area (Å²) in [5.74, 6) is 0.416. The number of carbonyl (C=O) groups excluding carboxylic acids is 1. The van der Waals surface area contributed by atoms with E-state index in [9.17, 15) is 4.79 Å². The number of rotatable bonds is 7. The van der Waals surface area contributed by atoms with Gasteiger partial charge >= 0.3 is 0 Å². The lowest BCUT2D eigenvalue weighted by molar-refractivity contribution is 0.00190. The summed E-state index contributed by atoms with van der Waals surface area (Å²) in [6.07, 6.45) is 5.37. The summed E-state index contributed by atoms with van der Waals surface area (Å²) in [5.41, 5.74) is 1.19. The molecule has 0 unspecified atom stereocenters. The van der Waals surface area contributed by atoms with Gasteiger partial charge in [-0.15, -0.1) is 0 Å². The highest BCUT2D eigenvalue weighted by atomic mass is 16.5. The van der Waals surface area contributed by atoms with Gasteiger partial charge in [-0.3, -0.25) is 14.7 Å². The number of aryl methyl sites for hydroxylation is 1. The first-order chi connectivity index (χ1) is 11.2. The summed E-state index contributed by atoms with van der Waals surface area (Å²) in [7, 11) is 0. The van der Waals surface area contributed by atoms with Gasteiger partial charge in [0.2, 0.25) is 0 Å². The second kappa shape index (κ2) is 8.93. The van der Waals surface area contributed by atoms with Crippen molar-refractivity contribution < 1.29 is 9.53 Å². The van der Waals surface area contributed by atoms with E-state index in [2.05, 4.69) is 34.0 Å². The summed E-state index contributed by atoms with van der Waals surface area (Å²) in [5, 5.41) is 3.04. The van der Waals surface area contributed by atoms with Crippen molar-refractivity contribution in [2.24, 2.45) is 5.92 Å². The Morgan fingerprint density at radius 3 is 2.52 bits per heavy atom. The van der Waals surface area contributed by atoms with Crippen LogP contribution in [0.25, 0.3) is 0 Å². The van der Waals surface area contributed by atoms with E-state index in [1.807, 2.05) is 6.92 Å². The highest BCUT2D eigenvalue weighted by Gasteiger charge is 2.27. The number of morpholine rings is 1. The molecule has 2 heterocycles. The van der Waals surface area contributed by atoms with Gasteiger partial charge in [0.05, 0.1) is 25.1 Å². The Labute approximate surface area is 138 Å². The molecule has 1 aromatic rings. The van der Waals surface area contributed by atoms with Crippen LogP contribution in [0.3, 0.4) is 0 Å². The van der Waals surface area contributed by atoms with E-state index in [1.165, 1.54) is 6.20 Å². The molecule has 0 aliphatic carbocycles.